The number of unbranched alkanes of at least 4 members (excludes halogenated alkanes) is 2. The molecule has 0 aromatic heterocycles. The Kier molecular flexibility index (Phi) is 4.67. The molecule has 20 heavy (non-hydrogen) atoms. The smallest absolute Gasteiger partial charge is 0.269 e. The summed E-state index contributed by atoms with van der Waals surface area (Å²) in [5, 5.41) is 0.307. The van der Waals surface area contributed by atoms with Crippen LogP contribution in [0.2, 0.25) is 5.02 Å². The van der Waals surface area contributed by atoms with Crippen molar-refractivity contribution in [2.45, 2.75) is 24.2 Å². The summed E-state index contributed by atoms with van der Waals surface area (Å²) in [5.74, 6) is -0.469. The van der Waals surface area contributed by atoms with Crippen LogP contribution in [0.1, 0.15) is 29.6 Å². The van der Waals surface area contributed by atoms with Gasteiger partial charge in [-0.25, -0.2) is 12.7 Å². The van der Waals surface area contributed by atoms with E-state index >= 15 is 0 Å². The van der Waals surface area contributed by atoms with Crippen LogP contribution in [0.4, 0.5) is 0 Å². The molecule has 0 atom stereocenters. The Bertz CT molecular complexity index is 615. The zero-order valence-corrected chi connectivity index (χ0v) is 12.7. The molecule has 2 rings (SSSR count). The highest BCUT2D eigenvalue weighted by Crippen LogP contribution is 2.32. The normalized spacial score (nSPS) is 16.5. The Labute approximate surface area is 123 Å². The third-order valence-electron chi connectivity index (χ3n) is 3.18. The van der Waals surface area contributed by atoms with Crippen LogP contribution in [-0.4, -0.2) is 38.9 Å². The lowest BCUT2D eigenvalue weighted by Crippen LogP contribution is -2.31. The minimum atomic E-state index is -3.74. The number of hydrogen-bond acceptors (Lipinski definition) is 4. The van der Waals surface area contributed by atoms with Gasteiger partial charge in [0.05, 0.1) is 5.56 Å². The van der Waals surface area contributed by atoms with Crippen molar-refractivity contribution in [3.63, 3.8) is 0 Å². The first-order valence-electron chi connectivity index (χ1n) is 6.34. The van der Waals surface area contributed by atoms with Crippen LogP contribution in [0.5, 0.6) is 0 Å². The van der Waals surface area contributed by atoms with Crippen molar-refractivity contribution in [1.82, 2.24) is 4.31 Å². The quantitative estimate of drug-likeness (QED) is 0.755. The van der Waals surface area contributed by atoms with Gasteiger partial charge in [0, 0.05) is 25.3 Å². The van der Waals surface area contributed by atoms with Crippen LogP contribution in [0.3, 0.4) is 0 Å². The van der Waals surface area contributed by atoms with E-state index in [0.29, 0.717) is 18.1 Å². The van der Waals surface area contributed by atoms with Crippen molar-refractivity contribution in [2.75, 3.05) is 20.3 Å². The van der Waals surface area contributed by atoms with E-state index in [1.54, 1.807) is 7.11 Å². The van der Waals surface area contributed by atoms with Crippen molar-refractivity contribution < 1.29 is 17.9 Å². The van der Waals surface area contributed by atoms with E-state index in [-0.39, 0.29) is 17.0 Å². The standard InChI is InChI=1S/C13H16ClNO4S/c1-19-8-4-2-3-7-15-13(16)11-6-5-10(14)9-12(11)20(15,17)18/h5-6,9H,2-4,7-8H2,1H3. The lowest BCUT2D eigenvalue weighted by atomic mass is 10.2. The molecule has 1 aliphatic heterocycles. The number of carbonyl (C=O) groups excluding carboxylic acids is 1. The number of fused-ring (bicyclic) bond motifs is 1. The Morgan fingerprint density at radius 2 is 2.00 bits per heavy atom. The minimum Gasteiger partial charge on any atom is -0.385 e. The van der Waals surface area contributed by atoms with Gasteiger partial charge in [-0.2, -0.15) is 0 Å². The van der Waals surface area contributed by atoms with Crippen LogP contribution in [0, 0.1) is 0 Å². The minimum absolute atomic E-state index is 0.00638. The number of ether oxygens (including phenoxy) is 1. The summed E-state index contributed by atoms with van der Waals surface area (Å²) in [6.07, 6.45) is 2.28. The van der Waals surface area contributed by atoms with Crippen LogP contribution in [0.25, 0.3) is 0 Å². The molecule has 0 unspecified atom stereocenters. The fourth-order valence-corrected chi connectivity index (χ4v) is 4.02. The van der Waals surface area contributed by atoms with Gasteiger partial charge < -0.3 is 4.74 Å². The second kappa shape index (κ2) is 6.11. The fraction of sp³-hybridized carbons (Fsp3) is 0.462. The maximum atomic E-state index is 12.3. The second-order valence-electron chi connectivity index (χ2n) is 4.58. The predicted molar refractivity (Wildman–Crippen MR) is 75.4 cm³/mol. The van der Waals surface area contributed by atoms with Crippen LogP contribution < -0.4 is 0 Å². The van der Waals surface area contributed by atoms with Gasteiger partial charge in [-0.3, -0.25) is 4.79 Å². The van der Waals surface area contributed by atoms with E-state index in [1.807, 2.05) is 0 Å². The van der Waals surface area contributed by atoms with Gasteiger partial charge in [-0.1, -0.05) is 11.6 Å². The fourth-order valence-electron chi connectivity index (χ4n) is 2.15. The lowest BCUT2D eigenvalue weighted by molar-refractivity contribution is 0.0869. The highest BCUT2D eigenvalue weighted by atomic mass is 35.5. The number of nitrogens with zero attached hydrogens (tertiary/aromatic N) is 1. The van der Waals surface area contributed by atoms with Crippen LogP contribution >= 0.6 is 11.6 Å². The molecule has 0 bridgehead atoms. The predicted octanol–water partition coefficient (Wildman–Crippen LogP) is 2.30. The van der Waals surface area contributed by atoms with Crippen molar-refractivity contribution in [3.05, 3.63) is 28.8 Å². The topological polar surface area (TPSA) is 63.7 Å². The molecule has 0 spiro atoms. The Hall–Kier alpha value is -1.11. The summed E-state index contributed by atoms with van der Waals surface area (Å²) >= 11 is 5.80. The second-order valence-corrected chi connectivity index (χ2v) is 6.84. The van der Waals surface area contributed by atoms with E-state index in [0.717, 1.165) is 17.1 Å². The number of hydrogen-bond donors (Lipinski definition) is 0. The molecule has 0 saturated carbocycles. The van der Waals surface area contributed by atoms with Gasteiger partial charge in [0.1, 0.15) is 4.90 Å². The van der Waals surface area contributed by atoms with Crippen LogP contribution in [-0.2, 0) is 14.8 Å². The molecule has 0 fully saturated rings. The maximum absolute atomic E-state index is 12.3. The lowest BCUT2D eigenvalue weighted by Gasteiger charge is -2.14. The summed E-state index contributed by atoms with van der Waals surface area (Å²) in [6, 6.07) is 4.31. The highest BCUT2D eigenvalue weighted by molar-refractivity contribution is 7.90. The average molecular weight is 318 g/mol. The molecule has 5 nitrogen and oxygen atoms in total. The number of sulfonamides is 1. The van der Waals surface area contributed by atoms with Gasteiger partial charge in [0.25, 0.3) is 15.9 Å². The molecule has 1 aromatic rings. The van der Waals surface area contributed by atoms with Gasteiger partial charge in [-0.05, 0) is 37.5 Å². The molecule has 110 valence electrons. The first-order valence-corrected chi connectivity index (χ1v) is 8.16. The highest BCUT2D eigenvalue weighted by Gasteiger charge is 2.40. The molecule has 7 heteroatoms. The van der Waals surface area contributed by atoms with Gasteiger partial charge >= 0.3 is 0 Å². The summed E-state index contributed by atoms with van der Waals surface area (Å²) in [4.78, 5) is 12.1. The van der Waals surface area contributed by atoms with E-state index in [1.165, 1.54) is 18.2 Å². The number of carbonyl (C=O) groups is 1. The van der Waals surface area contributed by atoms with Crippen molar-refractivity contribution in [1.29, 1.82) is 0 Å². The Morgan fingerprint density at radius 1 is 1.25 bits per heavy atom. The largest absolute Gasteiger partial charge is 0.385 e. The molecule has 0 N–H and O–H groups in total. The van der Waals surface area contributed by atoms with E-state index in [9.17, 15) is 13.2 Å². The van der Waals surface area contributed by atoms with Gasteiger partial charge in [0.15, 0.2) is 0 Å². The molecule has 0 saturated heterocycles. The molecule has 1 aromatic carbocycles. The zero-order valence-electron chi connectivity index (χ0n) is 11.1. The number of rotatable bonds is 6. The van der Waals surface area contributed by atoms with Gasteiger partial charge in [0.2, 0.25) is 0 Å². The molecule has 0 aliphatic carbocycles. The monoisotopic (exact) mass is 317 g/mol. The van der Waals surface area contributed by atoms with Crippen LogP contribution in [0.15, 0.2) is 23.1 Å². The molecular weight excluding hydrogens is 302 g/mol. The van der Waals surface area contributed by atoms with E-state index in [4.69, 9.17) is 16.3 Å². The summed E-state index contributed by atoms with van der Waals surface area (Å²) in [6.45, 7) is 0.827. The third kappa shape index (κ3) is 2.82. The van der Waals surface area contributed by atoms with Crippen molar-refractivity contribution in [3.8, 4) is 0 Å². The maximum Gasteiger partial charge on any atom is 0.269 e. The first kappa shape index (κ1) is 15.3. The average Bonchev–Trinajstić information content (AvgIpc) is 2.59. The summed E-state index contributed by atoms with van der Waals surface area (Å²) in [7, 11) is -2.12. The number of methoxy groups -OCH3 is 1. The Morgan fingerprint density at radius 3 is 2.70 bits per heavy atom. The van der Waals surface area contributed by atoms with Crippen molar-refractivity contribution in [2.24, 2.45) is 0 Å². The SMILES string of the molecule is COCCCCCN1C(=O)c2ccc(Cl)cc2S1(=O)=O. The Balaban J connectivity index is 2.11. The van der Waals surface area contributed by atoms with Gasteiger partial charge in [-0.15, -0.1) is 0 Å². The number of amides is 1. The third-order valence-corrected chi connectivity index (χ3v) is 5.24. The number of halogens is 1. The summed E-state index contributed by atoms with van der Waals surface area (Å²) < 4.78 is 30.4. The van der Waals surface area contributed by atoms with Crippen molar-refractivity contribution >= 4 is 27.5 Å². The molecule has 0 radical (unpaired) electrons. The summed E-state index contributed by atoms with van der Waals surface area (Å²) in [5.41, 5.74) is 0.200. The van der Waals surface area contributed by atoms with E-state index < -0.39 is 15.9 Å². The molecule has 1 aliphatic rings. The molecule has 1 heterocycles. The molecule has 1 amide bonds. The zero-order chi connectivity index (χ0) is 14.8. The first-order chi connectivity index (χ1) is 9.48. The number of benzene rings is 1. The molecular formula is C13H16ClNO4S. The van der Waals surface area contributed by atoms with E-state index in [2.05, 4.69) is 0 Å².